The van der Waals surface area contributed by atoms with Crippen LogP contribution in [0.15, 0.2) is 91.4 Å². The Hall–Kier alpha value is -4.61. The molecule has 0 amide bonds. The summed E-state index contributed by atoms with van der Waals surface area (Å²) in [5.41, 5.74) is 8.76. The molecule has 8 heteroatoms. The third kappa shape index (κ3) is 7.02. The molecule has 6 nitrogen and oxygen atoms in total. The molecule has 288 valence electrons. The second-order valence-electron chi connectivity index (χ2n) is 19.1. The van der Waals surface area contributed by atoms with Crippen LogP contribution in [0.25, 0.3) is 39.0 Å². The van der Waals surface area contributed by atoms with Crippen molar-refractivity contribution < 1.29 is 30.5 Å². The normalized spacial score (nSPS) is 13.3. The Morgan fingerprint density at radius 3 is 1.95 bits per heavy atom. The molecule has 1 aliphatic heterocycles. The molecule has 8 rings (SSSR count). The molecule has 0 atom stereocenters. The van der Waals surface area contributed by atoms with Crippen molar-refractivity contribution in [3.63, 3.8) is 0 Å². The van der Waals surface area contributed by atoms with Gasteiger partial charge in [-0.25, -0.2) is 4.98 Å². The first-order valence-corrected chi connectivity index (χ1v) is 19.3. The molecular weight excluding hydrogens is 870 g/mol. The molecule has 0 fully saturated rings. The first-order valence-electron chi connectivity index (χ1n) is 19.3. The molecule has 56 heavy (non-hydrogen) atoms. The average molecular weight is 922 g/mol. The second kappa shape index (κ2) is 13.8. The maximum atomic E-state index is 7.01. The number of benzene rings is 4. The molecule has 4 aromatic carbocycles. The van der Waals surface area contributed by atoms with Crippen molar-refractivity contribution in [2.45, 2.75) is 105 Å². The van der Waals surface area contributed by atoms with Gasteiger partial charge in [-0.2, -0.15) is 6.07 Å². The van der Waals surface area contributed by atoms with E-state index in [4.69, 9.17) is 19.4 Å². The van der Waals surface area contributed by atoms with E-state index in [9.17, 15) is 0 Å². The number of aromatic nitrogens is 4. The van der Waals surface area contributed by atoms with E-state index in [1.54, 1.807) is 0 Å². The Balaban J connectivity index is 0.00000480. The van der Waals surface area contributed by atoms with E-state index in [1.807, 2.05) is 36.8 Å². The van der Waals surface area contributed by atoms with Gasteiger partial charge < -0.3 is 18.4 Å². The van der Waals surface area contributed by atoms with Crippen LogP contribution in [-0.2, 0) is 42.7 Å². The zero-order valence-corrected chi connectivity index (χ0v) is 36.9. The fraction of sp³-hybridized carbons (Fsp3) is 0.333. The number of imidazole rings is 1. The van der Waals surface area contributed by atoms with Crippen LogP contribution in [-0.4, -0.2) is 26.1 Å². The van der Waals surface area contributed by atoms with Gasteiger partial charge in [-0.3, -0.25) is 4.98 Å². The summed E-state index contributed by atoms with van der Waals surface area (Å²) in [7, 11) is -0.398. The smallest absolute Gasteiger partial charge is 0.586 e. The average Bonchev–Trinajstić information content (AvgIpc) is 3.73. The molecule has 0 saturated carbocycles. The van der Waals surface area contributed by atoms with Crippen molar-refractivity contribution in [2.75, 3.05) is 0 Å². The SMILES string of the molecule is CC(C)(C)c1ccnc(-n2c3[c-]c(Oc4[c-]c5c(cc4)OB(c4c(C(C)(C)C)cc(C(C)(C)C)cc4C(C)(C)C)n4ccnc4-5)ccc3c3ccccc32)c1.[Pt+2]. The van der Waals surface area contributed by atoms with E-state index in [-0.39, 0.29) is 42.7 Å². The Morgan fingerprint density at radius 1 is 0.643 bits per heavy atom. The fourth-order valence-corrected chi connectivity index (χ4v) is 7.75. The first kappa shape index (κ1) is 39.6. The zero-order chi connectivity index (χ0) is 39.2. The molecule has 0 bridgehead atoms. The summed E-state index contributed by atoms with van der Waals surface area (Å²) in [5.74, 6) is 3.51. The topological polar surface area (TPSA) is 54.1 Å². The van der Waals surface area contributed by atoms with Crippen LogP contribution in [0.5, 0.6) is 17.2 Å². The first-order chi connectivity index (χ1) is 25.8. The predicted octanol–water partition coefficient (Wildman–Crippen LogP) is 11.3. The largest absolute Gasteiger partial charge is 2.00 e. The number of nitrogens with zero attached hydrogens (tertiary/aromatic N) is 4. The molecule has 0 unspecified atom stereocenters. The number of fused-ring (bicyclic) bond motifs is 6. The summed E-state index contributed by atoms with van der Waals surface area (Å²) < 4.78 is 17.9. The van der Waals surface area contributed by atoms with Crippen LogP contribution in [0.2, 0.25) is 0 Å². The van der Waals surface area contributed by atoms with Gasteiger partial charge >= 0.3 is 28.1 Å². The van der Waals surface area contributed by atoms with Gasteiger partial charge in [0.25, 0.3) is 0 Å². The van der Waals surface area contributed by atoms with Crippen molar-refractivity contribution in [3.8, 4) is 34.5 Å². The molecule has 0 aliphatic carbocycles. The third-order valence-corrected chi connectivity index (χ3v) is 10.8. The number of rotatable bonds is 4. The van der Waals surface area contributed by atoms with Gasteiger partial charge in [0.05, 0.1) is 5.82 Å². The van der Waals surface area contributed by atoms with Gasteiger partial charge in [0, 0.05) is 41.4 Å². The summed E-state index contributed by atoms with van der Waals surface area (Å²) in [4.78, 5) is 9.70. The minimum absolute atomic E-state index is 0. The van der Waals surface area contributed by atoms with Crippen LogP contribution in [0.4, 0.5) is 0 Å². The summed E-state index contributed by atoms with van der Waals surface area (Å²) >= 11 is 0. The molecule has 1 aliphatic rings. The van der Waals surface area contributed by atoms with Gasteiger partial charge in [0.1, 0.15) is 5.82 Å². The standard InChI is InChI=1S/C48H51BN4O2.Pt/c1-45(2,3)30-21-22-50-42(27-30)53-39-16-14-13-15-34(39)35-19-17-33(29-40(35)53)54-32-18-20-41-36(28-32)44-51-23-24-52(44)49(55-41)43-37(47(7,8)9)25-31(46(4,5)6)26-38(43)48(10,11)12;/h13-27H,1-12H3;/q-2;+2. The molecule has 7 aromatic rings. The predicted molar refractivity (Wildman–Crippen MR) is 227 cm³/mol. The van der Waals surface area contributed by atoms with Crippen LogP contribution in [0.3, 0.4) is 0 Å². The van der Waals surface area contributed by atoms with Gasteiger partial charge in [-0.15, -0.1) is 23.6 Å². The number of hydrogen-bond donors (Lipinski definition) is 0. The van der Waals surface area contributed by atoms with Crippen molar-refractivity contribution in [1.29, 1.82) is 0 Å². The van der Waals surface area contributed by atoms with Gasteiger partial charge in [0.2, 0.25) is 0 Å². The molecule has 4 heterocycles. The summed E-state index contributed by atoms with van der Waals surface area (Å²) in [6.45, 7) is 27.3. The maximum Gasteiger partial charge on any atom is 2.00 e. The van der Waals surface area contributed by atoms with Crippen molar-refractivity contribution in [3.05, 3.63) is 126 Å². The van der Waals surface area contributed by atoms with Crippen molar-refractivity contribution in [2.24, 2.45) is 0 Å². The van der Waals surface area contributed by atoms with Gasteiger partial charge in [0.15, 0.2) is 0 Å². The minimum Gasteiger partial charge on any atom is -0.586 e. The Kier molecular flexibility index (Phi) is 9.76. The Bertz CT molecular complexity index is 2570. The Labute approximate surface area is 347 Å². The van der Waals surface area contributed by atoms with E-state index in [1.165, 1.54) is 27.7 Å². The molecule has 3 aromatic heterocycles. The van der Waals surface area contributed by atoms with Crippen LogP contribution in [0, 0.1) is 12.1 Å². The van der Waals surface area contributed by atoms with E-state index >= 15 is 0 Å². The molecular formula is C48H51BN4O2Pt. The van der Waals surface area contributed by atoms with Crippen molar-refractivity contribution >= 4 is 34.3 Å². The maximum absolute atomic E-state index is 7.01. The van der Waals surface area contributed by atoms with Gasteiger partial charge in [-0.05, 0) is 73.0 Å². The monoisotopic (exact) mass is 921 g/mol. The van der Waals surface area contributed by atoms with E-state index in [0.29, 0.717) is 11.5 Å². The summed E-state index contributed by atoms with van der Waals surface area (Å²) in [5, 5.41) is 2.22. The molecule has 0 radical (unpaired) electrons. The molecule has 0 spiro atoms. The van der Waals surface area contributed by atoms with Crippen LogP contribution < -0.4 is 14.9 Å². The summed E-state index contributed by atoms with van der Waals surface area (Å²) in [6.07, 6.45) is 5.76. The van der Waals surface area contributed by atoms with Crippen LogP contribution >= 0.6 is 0 Å². The number of hydrogen-bond acceptors (Lipinski definition) is 4. The van der Waals surface area contributed by atoms with Crippen LogP contribution in [0.1, 0.15) is 105 Å². The van der Waals surface area contributed by atoms with Crippen molar-refractivity contribution in [1.82, 2.24) is 19.0 Å². The summed E-state index contributed by atoms with van der Waals surface area (Å²) in [6, 6.07) is 32.6. The third-order valence-electron chi connectivity index (χ3n) is 10.8. The number of pyridine rings is 1. The minimum atomic E-state index is -0.398. The van der Waals surface area contributed by atoms with E-state index in [2.05, 4.69) is 159 Å². The van der Waals surface area contributed by atoms with Gasteiger partial charge in [-0.1, -0.05) is 137 Å². The number of ether oxygens (including phenoxy) is 1. The van der Waals surface area contributed by atoms with E-state index < -0.39 is 7.05 Å². The quantitative estimate of drug-likeness (QED) is 0.130. The Morgan fingerprint density at radius 2 is 1.29 bits per heavy atom. The molecule has 0 saturated heterocycles. The molecule has 0 N–H and O–H groups in total. The zero-order valence-electron chi connectivity index (χ0n) is 34.7. The fourth-order valence-electron chi connectivity index (χ4n) is 7.75. The second-order valence-corrected chi connectivity index (χ2v) is 19.1. The van der Waals surface area contributed by atoms with E-state index in [0.717, 1.165) is 44.8 Å². The number of para-hydroxylation sites is 1.